The molecule has 4 rings (SSSR count). The van der Waals surface area contributed by atoms with Crippen molar-refractivity contribution in [2.45, 2.75) is 13.8 Å². The molecule has 9 heteroatoms. The summed E-state index contributed by atoms with van der Waals surface area (Å²) in [6, 6.07) is 11.2. The fourth-order valence-electron chi connectivity index (χ4n) is 3.27. The first-order valence-corrected chi connectivity index (χ1v) is 10.6. The molecule has 3 aromatic heterocycles. The van der Waals surface area contributed by atoms with E-state index in [1.165, 1.54) is 6.33 Å². The highest BCUT2D eigenvalue weighted by atomic mass is 16.5. The predicted molar refractivity (Wildman–Crippen MR) is 124 cm³/mol. The van der Waals surface area contributed by atoms with Crippen LogP contribution in [0.1, 0.15) is 13.8 Å². The number of nitrogens with one attached hydrogen (secondary N) is 1. The average Bonchev–Trinajstić information content (AvgIpc) is 3.23. The van der Waals surface area contributed by atoms with Crippen LogP contribution in [0.5, 0.6) is 17.4 Å². The number of ether oxygens (including phenoxy) is 2. The summed E-state index contributed by atoms with van der Waals surface area (Å²) in [5.41, 5.74) is 0.802. The molecule has 3 heterocycles. The van der Waals surface area contributed by atoms with E-state index in [0.717, 1.165) is 36.3 Å². The van der Waals surface area contributed by atoms with Crippen LogP contribution in [0, 0.1) is 0 Å². The average molecular weight is 434 g/mol. The summed E-state index contributed by atoms with van der Waals surface area (Å²) in [4.78, 5) is 15.4. The van der Waals surface area contributed by atoms with Gasteiger partial charge in [0.1, 0.15) is 30.3 Å². The number of pyridine rings is 1. The maximum atomic E-state index is 5.95. The van der Waals surface area contributed by atoms with Crippen molar-refractivity contribution in [3.63, 3.8) is 0 Å². The third-order valence-corrected chi connectivity index (χ3v) is 5.07. The molecule has 9 nitrogen and oxygen atoms in total. The van der Waals surface area contributed by atoms with Gasteiger partial charge in [0.15, 0.2) is 5.82 Å². The Kier molecular flexibility index (Phi) is 6.76. The monoisotopic (exact) mass is 433 g/mol. The number of likely N-dealkylation sites (N-methyl/N-ethyl adjacent to an activating group) is 1. The van der Waals surface area contributed by atoms with E-state index in [0.29, 0.717) is 29.9 Å². The van der Waals surface area contributed by atoms with E-state index in [-0.39, 0.29) is 0 Å². The van der Waals surface area contributed by atoms with Crippen LogP contribution in [-0.2, 0) is 7.05 Å². The number of hydrogen-bond donors (Lipinski definition) is 1. The van der Waals surface area contributed by atoms with Crippen LogP contribution in [0.3, 0.4) is 0 Å². The zero-order valence-corrected chi connectivity index (χ0v) is 18.5. The molecule has 166 valence electrons. The summed E-state index contributed by atoms with van der Waals surface area (Å²) in [7, 11) is 1.86. The smallest absolute Gasteiger partial charge is 0.219 e. The molecule has 0 saturated heterocycles. The highest BCUT2D eigenvalue weighted by Crippen LogP contribution is 2.28. The maximum Gasteiger partial charge on any atom is 0.219 e. The third kappa shape index (κ3) is 5.30. The van der Waals surface area contributed by atoms with E-state index in [1.807, 2.05) is 43.6 Å². The fourth-order valence-corrected chi connectivity index (χ4v) is 3.27. The normalized spacial score (nSPS) is 11.1. The molecular weight excluding hydrogens is 406 g/mol. The van der Waals surface area contributed by atoms with E-state index in [1.54, 1.807) is 16.9 Å². The SMILES string of the molecule is CCN(CC)CCOc1ccc(Oc2ccc3ncnc(Nc4ccn(C)n4)c3c2)nc1. The summed E-state index contributed by atoms with van der Waals surface area (Å²) < 4.78 is 13.5. The van der Waals surface area contributed by atoms with Gasteiger partial charge in [-0.3, -0.25) is 4.68 Å². The van der Waals surface area contributed by atoms with Crippen LogP contribution in [-0.4, -0.2) is 55.9 Å². The van der Waals surface area contributed by atoms with Crippen molar-refractivity contribution in [2.24, 2.45) is 7.05 Å². The lowest BCUT2D eigenvalue weighted by Gasteiger charge is -2.17. The zero-order chi connectivity index (χ0) is 22.3. The first kappa shape index (κ1) is 21.5. The van der Waals surface area contributed by atoms with Crippen molar-refractivity contribution < 1.29 is 9.47 Å². The summed E-state index contributed by atoms with van der Waals surface area (Å²) in [6.07, 6.45) is 5.06. The van der Waals surface area contributed by atoms with Crippen LogP contribution in [0.25, 0.3) is 10.9 Å². The van der Waals surface area contributed by atoms with Gasteiger partial charge in [-0.15, -0.1) is 0 Å². The Bertz CT molecular complexity index is 1160. The molecule has 0 atom stereocenters. The number of rotatable bonds is 10. The van der Waals surface area contributed by atoms with Gasteiger partial charge in [0.25, 0.3) is 0 Å². The minimum absolute atomic E-state index is 0.483. The molecule has 0 unspecified atom stereocenters. The Labute approximate surface area is 187 Å². The van der Waals surface area contributed by atoms with Crippen molar-refractivity contribution in [1.29, 1.82) is 0 Å². The van der Waals surface area contributed by atoms with E-state index in [9.17, 15) is 0 Å². The number of hydrogen-bond acceptors (Lipinski definition) is 8. The van der Waals surface area contributed by atoms with Gasteiger partial charge in [-0.05, 0) is 37.4 Å². The Morgan fingerprint density at radius 1 is 1.00 bits per heavy atom. The zero-order valence-electron chi connectivity index (χ0n) is 18.5. The molecule has 0 saturated carbocycles. The maximum absolute atomic E-state index is 5.95. The number of fused-ring (bicyclic) bond motifs is 1. The Hall–Kier alpha value is -3.72. The van der Waals surface area contributed by atoms with Crippen LogP contribution < -0.4 is 14.8 Å². The minimum Gasteiger partial charge on any atom is -0.491 e. The molecule has 0 spiro atoms. The molecule has 0 amide bonds. The second-order valence-electron chi connectivity index (χ2n) is 7.21. The van der Waals surface area contributed by atoms with Crippen LogP contribution >= 0.6 is 0 Å². The highest BCUT2D eigenvalue weighted by molar-refractivity contribution is 5.91. The molecule has 1 N–H and O–H groups in total. The van der Waals surface area contributed by atoms with Gasteiger partial charge in [-0.2, -0.15) is 5.10 Å². The molecule has 0 bridgehead atoms. The molecule has 1 aromatic carbocycles. The van der Waals surface area contributed by atoms with E-state index in [2.05, 4.69) is 44.1 Å². The molecule has 32 heavy (non-hydrogen) atoms. The van der Waals surface area contributed by atoms with Gasteiger partial charge >= 0.3 is 0 Å². The van der Waals surface area contributed by atoms with Gasteiger partial charge in [0.2, 0.25) is 5.88 Å². The number of aryl methyl sites for hydroxylation is 1. The Morgan fingerprint density at radius 3 is 2.56 bits per heavy atom. The summed E-state index contributed by atoms with van der Waals surface area (Å²) in [5.74, 6) is 3.20. The predicted octanol–water partition coefficient (Wildman–Crippen LogP) is 4.01. The van der Waals surface area contributed by atoms with E-state index in [4.69, 9.17) is 9.47 Å². The molecule has 0 aliphatic heterocycles. The van der Waals surface area contributed by atoms with Crippen molar-refractivity contribution >= 4 is 22.5 Å². The van der Waals surface area contributed by atoms with E-state index >= 15 is 0 Å². The van der Waals surface area contributed by atoms with E-state index < -0.39 is 0 Å². The molecule has 0 fully saturated rings. The first-order chi connectivity index (χ1) is 15.6. The largest absolute Gasteiger partial charge is 0.491 e. The van der Waals surface area contributed by atoms with Crippen LogP contribution in [0.15, 0.2) is 55.1 Å². The van der Waals surface area contributed by atoms with Gasteiger partial charge in [0, 0.05) is 37.3 Å². The van der Waals surface area contributed by atoms with Crippen molar-refractivity contribution in [1.82, 2.24) is 29.6 Å². The molecular formula is C23H27N7O2. The van der Waals surface area contributed by atoms with Crippen molar-refractivity contribution in [3.8, 4) is 17.4 Å². The lowest BCUT2D eigenvalue weighted by Crippen LogP contribution is -2.27. The van der Waals surface area contributed by atoms with Gasteiger partial charge < -0.3 is 19.7 Å². The molecule has 0 aliphatic rings. The number of aromatic nitrogens is 5. The lowest BCUT2D eigenvalue weighted by atomic mass is 10.2. The highest BCUT2D eigenvalue weighted by Gasteiger charge is 2.09. The topological polar surface area (TPSA) is 90.2 Å². The second kappa shape index (κ2) is 10.1. The number of anilines is 2. The van der Waals surface area contributed by atoms with Crippen molar-refractivity contribution in [3.05, 3.63) is 55.1 Å². The second-order valence-corrected chi connectivity index (χ2v) is 7.21. The van der Waals surface area contributed by atoms with Gasteiger partial charge in [0.05, 0.1) is 11.7 Å². The molecule has 0 aliphatic carbocycles. The van der Waals surface area contributed by atoms with Crippen LogP contribution in [0.4, 0.5) is 11.6 Å². The fraction of sp³-hybridized carbons (Fsp3) is 0.304. The van der Waals surface area contributed by atoms with Gasteiger partial charge in [-0.25, -0.2) is 15.0 Å². The summed E-state index contributed by atoms with van der Waals surface area (Å²) in [6.45, 7) is 7.84. The van der Waals surface area contributed by atoms with Crippen LogP contribution in [0.2, 0.25) is 0 Å². The molecule has 4 aromatic rings. The van der Waals surface area contributed by atoms with Crippen molar-refractivity contribution in [2.75, 3.05) is 31.6 Å². The third-order valence-electron chi connectivity index (χ3n) is 5.07. The number of nitrogens with zero attached hydrogens (tertiary/aromatic N) is 6. The first-order valence-electron chi connectivity index (χ1n) is 10.6. The number of benzene rings is 1. The summed E-state index contributed by atoms with van der Waals surface area (Å²) in [5, 5.41) is 8.39. The lowest BCUT2D eigenvalue weighted by molar-refractivity contribution is 0.222. The van der Waals surface area contributed by atoms with Gasteiger partial charge in [-0.1, -0.05) is 13.8 Å². The standard InChI is InChI=1S/C23H27N7O2/c1-4-30(5-2)12-13-31-18-7-9-22(24-15-18)32-17-6-8-20-19(14-17)23(26-16-25-20)27-21-10-11-29(3)28-21/h6-11,14-16H,4-5,12-13H2,1-3H3,(H,25,26,27,28). The minimum atomic E-state index is 0.483. The summed E-state index contributed by atoms with van der Waals surface area (Å²) >= 11 is 0. The quantitative estimate of drug-likeness (QED) is 0.401. The Morgan fingerprint density at radius 2 is 1.84 bits per heavy atom. The Balaban J connectivity index is 1.44. The molecule has 0 radical (unpaired) electrons.